The van der Waals surface area contributed by atoms with E-state index in [9.17, 15) is 34.6 Å². The number of aryl methyl sites for hydroxylation is 1. The first-order valence-electron chi connectivity index (χ1n) is 18.9. The largest absolute Gasteiger partial charge is 0.465 e. The molecule has 1 saturated heterocycles. The van der Waals surface area contributed by atoms with Gasteiger partial charge >= 0.3 is 5.97 Å². The van der Waals surface area contributed by atoms with Gasteiger partial charge in [0.15, 0.2) is 11.5 Å². The molecule has 0 bridgehead atoms. The van der Waals surface area contributed by atoms with Gasteiger partial charge in [-0.15, -0.1) is 0 Å². The van der Waals surface area contributed by atoms with E-state index in [1.807, 2.05) is 31.2 Å². The van der Waals surface area contributed by atoms with Crippen molar-refractivity contribution in [3.63, 3.8) is 0 Å². The molecule has 0 unspecified atom stereocenters. The molecule has 0 spiro atoms. The van der Waals surface area contributed by atoms with E-state index in [1.165, 1.54) is 19.2 Å². The molecule has 1 amide bonds. The molecule has 0 radical (unpaired) electrons. The number of amides is 1. The summed E-state index contributed by atoms with van der Waals surface area (Å²) in [6.45, 7) is 4.65. The van der Waals surface area contributed by atoms with Crippen LogP contribution >= 0.6 is 0 Å². The highest BCUT2D eigenvalue weighted by atomic mass is 16.6. The van der Waals surface area contributed by atoms with Gasteiger partial charge in [-0.05, 0) is 68.5 Å². The minimum absolute atomic E-state index is 0.0254. The topological polar surface area (TPSA) is 221 Å². The van der Waals surface area contributed by atoms with E-state index in [1.54, 1.807) is 24.3 Å². The number of non-ortho nitro benzene ring substituents is 1. The zero-order valence-corrected chi connectivity index (χ0v) is 31.9. The minimum Gasteiger partial charge on any atom is -0.465 e. The summed E-state index contributed by atoms with van der Waals surface area (Å²) in [5, 5.41) is 36.8. The number of nitro groups is 2. The molecule has 1 aliphatic heterocycles. The molecule has 5 aromatic rings. The second-order valence-electron chi connectivity index (χ2n) is 14.1. The summed E-state index contributed by atoms with van der Waals surface area (Å²) >= 11 is 0. The lowest BCUT2D eigenvalue weighted by atomic mass is 9.86. The number of ether oxygens (including phenoxy) is 2. The van der Waals surface area contributed by atoms with Gasteiger partial charge in [0.2, 0.25) is 5.91 Å². The molecule has 3 N–H and O–H groups in total. The summed E-state index contributed by atoms with van der Waals surface area (Å²) in [7, 11) is 1.33. The number of anilines is 4. The zero-order valence-electron chi connectivity index (χ0n) is 31.9. The van der Waals surface area contributed by atoms with Gasteiger partial charge in [-0.25, -0.2) is 4.79 Å². The Bertz CT molecular complexity index is 2420. The molecule has 4 aromatic carbocycles. The summed E-state index contributed by atoms with van der Waals surface area (Å²) in [6, 6.07) is 17.9. The number of fused-ring (bicyclic) bond motifs is 2. The quantitative estimate of drug-likeness (QED) is 0.0391. The number of carbonyl (C=O) groups is 3. The Labute approximate surface area is 332 Å². The van der Waals surface area contributed by atoms with Crippen LogP contribution in [0.25, 0.3) is 22.2 Å². The molecular formula is C41H41N7O10. The van der Waals surface area contributed by atoms with Crippen LogP contribution in [0.3, 0.4) is 0 Å². The summed E-state index contributed by atoms with van der Waals surface area (Å²) in [4.78, 5) is 62.5. The van der Waals surface area contributed by atoms with Crippen molar-refractivity contribution >= 4 is 62.7 Å². The summed E-state index contributed by atoms with van der Waals surface area (Å²) in [6.07, 6.45) is 2.37. The van der Waals surface area contributed by atoms with Crippen molar-refractivity contribution in [3.05, 3.63) is 109 Å². The SMILES string of the molecule is COC(=O)c1ccc(Nc2cc(N3CCC(C(=O)NCCCOCCCNc4ccc([N+](=O)[O-])cc4[N+](=O)[O-])CC3)c3noc4c3c2C(=O)c2ccccc2-4)c(C)c1. The Morgan fingerprint density at radius 3 is 2.34 bits per heavy atom. The number of nitro benzene ring substituents is 2. The number of aromatic nitrogens is 1. The van der Waals surface area contributed by atoms with Crippen LogP contribution in [0.5, 0.6) is 0 Å². The van der Waals surface area contributed by atoms with Crippen LogP contribution in [0.1, 0.15) is 57.5 Å². The predicted octanol–water partition coefficient (Wildman–Crippen LogP) is 6.94. The molecule has 1 aromatic heterocycles. The number of benzene rings is 4. The van der Waals surface area contributed by atoms with Gasteiger partial charge < -0.3 is 34.8 Å². The Hall–Kier alpha value is -6.88. The Morgan fingerprint density at radius 2 is 1.64 bits per heavy atom. The van der Waals surface area contributed by atoms with Crippen molar-refractivity contribution in [2.75, 3.05) is 62.0 Å². The standard InChI is InChI=1S/C41H41N7O10/c1-24-21-26(41(51)56-2)9-11-30(24)44-32-23-34(37-36-35(32)38(49)28-7-3-4-8-29(28)39(36)58-45-37)46-17-13-25(14-18-46)40(50)43-16-6-20-57-19-5-15-42-31-12-10-27(47(52)53)22-33(31)48(54)55/h3-4,7-12,21-23,25,42,44H,5-6,13-20H2,1-2H3,(H,43,50). The number of rotatable bonds is 16. The van der Waals surface area contributed by atoms with Gasteiger partial charge in [-0.3, -0.25) is 29.8 Å². The normalized spacial score (nSPS) is 13.6. The van der Waals surface area contributed by atoms with Crippen molar-refractivity contribution in [1.82, 2.24) is 10.5 Å². The van der Waals surface area contributed by atoms with Crippen LogP contribution in [-0.2, 0) is 14.3 Å². The van der Waals surface area contributed by atoms with Crippen molar-refractivity contribution in [1.29, 1.82) is 0 Å². The lowest BCUT2D eigenvalue weighted by Crippen LogP contribution is -2.41. The van der Waals surface area contributed by atoms with E-state index in [0.29, 0.717) is 115 Å². The maximum atomic E-state index is 14.1. The number of hydrogen-bond acceptors (Lipinski definition) is 14. The number of nitrogens with one attached hydrogen (secondary N) is 3. The number of methoxy groups -OCH3 is 1. The fourth-order valence-corrected chi connectivity index (χ4v) is 7.42. The van der Waals surface area contributed by atoms with Crippen LogP contribution in [0.15, 0.2) is 71.3 Å². The Balaban J connectivity index is 0.942. The van der Waals surface area contributed by atoms with E-state index in [-0.39, 0.29) is 34.7 Å². The zero-order chi connectivity index (χ0) is 40.9. The fraction of sp³-hybridized carbons (Fsp3) is 0.317. The maximum absolute atomic E-state index is 14.1. The number of esters is 1. The van der Waals surface area contributed by atoms with Crippen LogP contribution in [0.4, 0.5) is 34.1 Å². The molecule has 0 atom stereocenters. The van der Waals surface area contributed by atoms with Gasteiger partial charge in [0.25, 0.3) is 11.4 Å². The predicted molar refractivity (Wildman–Crippen MR) is 215 cm³/mol. The third-order valence-electron chi connectivity index (χ3n) is 10.4. The van der Waals surface area contributed by atoms with Crippen molar-refractivity contribution in [2.45, 2.75) is 32.6 Å². The maximum Gasteiger partial charge on any atom is 0.337 e. The lowest BCUT2D eigenvalue weighted by Gasteiger charge is -2.33. The molecule has 2 heterocycles. The molecule has 17 nitrogen and oxygen atoms in total. The molecule has 2 aliphatic rings. The average Bonchev–Trinajstić information content (AvgIpc) is 3.68. The third-order valence-corrected chi connectivity index (χ3v) is 10.4. The molecule has 0 saturated carbocycles. The second kappa shape index (κ2) is 17.1. The first kappa shape index (κ1) is 39.4. The molecule has 7 rings (SSSR count). The number of ketones is 1. The number of carbonyl (C=O) groups excluding carboxylic acids is 3. The third kappa shape index (κ3) is 8.02. The average molecular weight is 792 g/mol. The molecule has 17 heteroatoms. The second-order valence-corrected chi connectivity index (χ2v) is 14.1. The van der Waals surface area contributed by atoms with Gasteiger partial charge in [-0.2, -0.15) is 0 Å². The lowest BCUT2D eigenvalue weighted by molar-refractivity contribution is -0.393. The van der Waals surface area contributed by atoms with Gasteiger partial charge in [0.05, 0.1) is 50.9 Å². The highest BCUT2D eigenvalue weighted by molar-refractivity contribution is 6.29. The molecule has 300 valence electrons. The summed E-state index contributed by atoms with van der Waals surface area (Å²) in [5.41, 5.74) is 4.97. The van der Waals surface area contributed by atoms with Crippen molar-refractivity contribution in [3.8, 4) is 11.3 Å². The van der Waals surface area contributed by atoms with E-state index >= 15 is 0 Å². The van der Waals surface area contributed by atoms with Gasteiger partial charge in [0.1, 0.15) is 11.2 Å². The fourth-order valence-electron chi connectivity index (χ4n) is 7.42. The monoisotopic (exact) mass is 791 g/mol. The smallest absolute Gasteiger partial charge is 0.337 e. The molecule has 58 heavy (non-hydrogen) atoms. The van der Waals surface area contributed by atoms with Crippen molar-refractivity contribution in [2.24, 2.45) is 5.92 Å². The first-order chi connectivity index (χ1) is 28.0. The van der Waals surface area contributed by atoms with Gasteiger partial charge in [0, 0.05) is 68.2 Å². The highest BCUT2D eigenvalue weighted by Gasteiger charge is 2.35. The Kier molecular flexibility index (Phi) is 11.6. The van der Waals surface area contributed by atoms with E-state index in [2.05, 4.69) is 26.0 Å². The van der Waals surface area contributed by atoms with Crippen LogP contribution in [0.2, 0.25) is 0 Å². The number of nitrogens with zero attached hydrogens (tertiary/aromatic N) is 4. The minimum atomic E-state index is -0.680. The summed E-state index contributed by atoms with van der Waals surface area (Å²) in [5.74, 6) is -0.288. The first-order valence-corrected chi connectivity index (χ1v) is 18.9. The summed E-state index contributed by atoms with van der Waals surface area (Å²) < 4.78 is 16.5. The van der Waals surface area contributed by atoms with Crippen LogP contribution in [0, 0.1) is 33.1 Å². The van der Waals surface area contributed by atoms with Crippen LogP contribution in [-0.4, -0.2) is 79.2 Å². The van der Waals surface area contributed by atoms with Crippen LogP contribution < -0.4 is 20.9 Å². The molecule has 1 fully saturated rings. The molecular weight excluding hydrogens is 750 g/mol. The van der Waals surface area contributed by atoms with E-state index < -0.39 is 15.8 Å². The van der Waals surface area contributed by atoms with E-state index in [4.69, 9.17) is 14.0 Å². The van der Waals surface area contributed by atoms with Crippen molar-refractivity contribution < 1.29 is 38.2 Å². The number of hydrogen-bond donors (Lipinski definition) is 3. The van der Waals surface area contributed by atoms with E-state index in [0.717, 1.165) is 17.3 Å². The van der Waals surface area contributed by atoms with Gasteiger partial charge in [-0.1, -0.05) is 29.4 Å². The molecule has 1 aliphatic carbocycles. The Morgan fingerprint density at radius 1 is 0.914 bits per heavy atom. The number of piperidine rings is 1. The highest BCUT2D eigenvalue weighted by Crippen LogP contribution is 2.47.